The molecule has 1 aromatic heterocycles. The molecule has 1 amide bonds. The smallest absolute Gasteiger partial charge is 0.317 e. The van der Waals surface area contributed by atoms with E-state index in [1.165, 1.54) is 4.88 Å². The van der Waals surface area contributed by atoms with Gasteiger partial charge in [0.25, 0.3) is 0 Å². The second-order valence-electron chi connectivity index (χ2n) is 5.13. The van der Waals surface area contributed by atoms with E-state index in [1.807, 2.05) is 16.3 Å². The SMILES string of the molecule is O=C(O)CN1CCN(CC(=O)NCCc2cccs2)CC1. The van der Waals surface area contributed by atoms with Crippen LogP contribution < -0.4 is 5.32 Å². The maximum absolute atomic E-state index is 11.8. The van der Waals surface area contributed by atoms with Gasteiger partial charge < -0.3 is 10.4 Å². The van der Waals surface area contributed by atoms with Gasteiger partial charge in [-0.05, 0) is 17.9 Å². The zero-order valence-corrected chi connectivity index (χ0v) is 12.8. The van der Waals surface area contributed by atoms with E-state index in [-0.39, 0.29) is 12.5 Å². The van der Waals surface area contributed by atoms with Crippen LogP contribution in [0.4, 0.5) is 0 Å². The van der Waals surface area contributed by atoms with Crippen molar-refractivity contribution < 1.29 is 14.7 Å². The molecule has 7 heteroatoms. The average molecular weight is 311 g/mol. The number of carbonyl (C=O) groups excluding carboxylic acids is 1. The molecule has 2 N–H and O–H groups in total. The molecule has 1 aliphatic heterocycles. The van der Waals surface area contributed by atoms with E-state index in [9.17, 15) is 9.59 Å². The Hall–Kier alpha value is -1.44. The average Bonchev–Trinajstić information content (AvgIpc) is 2.93. The predicted octanol–water partition coefficient (Wildman–Crippen LogP) is 0.109. The maximum Gasteiger partial charge on any atom is 0.317 e. The molecule has 0 radical (unpaired) electrons. The fraction of sp³-hybridized carbons (Fsp3) is 0.571. The maximum atomic E-state index is 11.8. The van der Waals surface area contributed by atoms with Gasteiger partial charge in [-0.2, -0.15) is 0 Å². The van der Waals surface area contributed by atoms with E-state index in [1.54, 1.807) is 11.3 Å². The zero-order chi connectivity index (χ0) is 15.1. The van der Waals surface area contributed by atoms with Crippen LogP contribution in [0.3, 0.4) is 0 Å². The van der Waals surface area contributed by atoms with Gasteiger partial charge in [0, 0.05) is 37.6 Å². The fourth-order valence-electron chi connectivity index (χ4n) is 2.34. The normalized spacial score (nSPS) is 16.8. The summed E-state index contributed by atoms with van der Waals surface area (Å²) in [5.41, 5.74) is 0. The van der Waals surface area contributed by atoms with Gasteiger partial charge in [-0.1, -0.05) is 6.07 Å². The second-order valence-corrected chi connectivity index (χ2v) is 6.16. The Balaban J connectivity index is 1.59. The van der Waals surface area contributed by atoms with E-state index in [4.69, 9.17) is 5.11 Å². The van der Waals surface area contributed by atoms with Gasteiger partial charge in [-0.3, -0.25) is 19.4 Å². The third-order valence-electron chi connectivity index (χ3n) is 3.46. The van der Waals surface area contributed by atoms with Crippen molar-refractivity contribution in [2.24, 2.45) is 0 Å². The second kappa shape index (κ2) is 8.11. The molecule has 0 atom stereocenters. The topological polar surface area (TPSA) is 72.9 Å². The van der Waals surface area contributed by atoms with Crippen LogP contribution in [-0.4, -0.2) is 72.6 Å². The summed E-state index contributed by atoms with van der Waals surface area (Å²) in [6, 6.07) is 4.08. The molecule has 0 aromatic carbocycles. The van der Waals surface area contributed by atoms with Gasteiger partial charge in [0.15, 0.2) is 0 Å². The molecular weight excluding hydrogens is 290 g/mol. The Morgan fingerprint density at radius 1 is 1.19 bits per heavy atom. The van der Waals surface area contributed by atoms with Crippen molar-refractivity contribution in [3.8, 4) is 0 Å². The lowest BCUT2D eigenvalue weighted by Gasteiger charge is -2.33. The number of aliphatic carboxylic acids is 1. The van der Waals surface area contributed by atoms with Crippen molar-refractivity contribution in [3.05, 3.63) is 22.4 Å². The van der Waals surface area contributed by atoms with E-state index >= 15 is 0 Å². The molecule has 1 saturated heterocycles. The summed E-state index contributed by atoms with van der Waals surface area (Å²) in [6.45, 7) is 4.03. The Kier molecular flexibility index (Phi) is 6.16. The lowest BCUT2D eigenvalue weighted by Crippen LogP contribution is -2.50. The molecule has 0 unspecified atom stereocenters. The summed E-state index contributed by atoms with van der Waals surface area (Å²) in [4.78, 5) is 27.7. The fourth-order valence-corrected chi connectivity index (χ4v) is 3.04. The number of carbonyl (C=O) groups is 2. The number of thiophene rings is 1. The number of hydrogen-bond donors (Lipinski definition) is 2. The third kappa shape index (κ3) is 5.82. The minimum absolute atomic E-state index is 0.0400. The minimum Gasteiger partial charge on any atom is -0.480 e. The van der Waals surface area contributed by atoms with Gasteiger partial charge >= 0.3 is 5.97 Å². The molecule has 1 fully saturated rings. The molecule has 1 aliphatic rings. The molecular formula is C14H21N3O3S. The number of hydrogen-bond acceptors (Lipinski definition) is 5. The summed E-state index contributed by atoms with van der Waals surface area (Å²) in [6.07, 6.45) is 0.871. The highest BCUT2D eigenvalue weighted by Crippen LogP contribution is 2.08. The standard InChI is InChI=1S/C14H21N3O3S/c18-13(15-4-3-12-2-1-9-21-12)10-16-5-7-17(8-6-16)11-14(19)20/h1-2,9H,3-8,10-11H2,(H,15,18)(H,19,20). The highest BCUT2D eigenvalue weighted by molar-refractivity contribution is 7.09. The Morgan fingerprint density at radius 3 is 2.43 bits per heavy atom. The number of carboxylic acid groups (broad SMARTS) is 1. The molecule has 0 spiro atoms. The first-order valence-electron chi connectivity index (χ1n) is 7.09. The summed E-state index contributed by atoms with van der Waals surface area (Å²) in [7, 11) is 0. The monoisotopic (exact) mass is 311 g/mol. The van der Waals surface area contributed by atoms with Crippen LogP contribution >= 0.6 is 11.3 Å². The highest BCUT2D eigenvalue weighted by atomic mass is 32.1. The zero-order valence-electron chi connectivity index (χ0n) is 12.0. The number of rotatable bonds is 7. The minimum atomic E-state index is -0.797. The van der Waals surface area contributed by atoms with Crippen LogP contribution in [0.15, 0.2) is 17.5 Å². The first-order chi connectivity index (χ1) is 10.1. The van der Waals surface area contributed by atoms with Crippen LogP contribution in [-0.2, 0) is 16.0 Å². The van der Waals surface area contributed by atoms with Crippen molar-refractivity contribution in [2.75, 3.05) is 45.8 Å². The first-order valence-corrected chi connectivity index (χ1v) is 7.97. The Labute approximate surface area is 128 Å². The van der Waals surface area contributed by atoms with Gasteiger partial charge in [0.05, 0.1) is 13.1 Å². The van der Waals surface area contributed by atoms with Crippen LogP contribution in [0.5, 0.6) is 0 Å². The third-order valence-corrected chi connectivity index (χ3v) is 4.40. The number of carboxylic acids is 1. The largest absolute Gasteiger partial charge is 0.480 e. The van der Waals surface area contributed by atoms with Gasteiger partial charge in [0.2, 0.25) is 5.91 Å². The molecule has 0 saturated carbocycles. The number of piperazine rings is 1. The van der Waals surface area contributed by atoms with Crippen molar-refractivity contribution >= 4 is 23.2 Å². The Bertz CT molecular complexity index is 456. The van der Waals surface area contributed by atoms with Gasteiger partial charge in [0.1, 0.15) is 0 Å². The van der Waals surface area contributed by atoms with Crippen molar-refractivity contribution in [2.45, 2.75) is 6.42 Å². The van der Waals surface area contributed by atoms with Crippen LogP contribution in [0.25, 0.3) is 0 Å². The van der Waals surface area contributed by atoms with Crippen LogP contribution in [0.1, 0.15) is 4.88 Å². The van der Waals surface area contributed by atoms with E-state index in [0.29, 0.717) is 26.2 Å². The summed E-state index contributed by atoms with van der Waals surface area (Å²) >= 11 is 1.70. The van der Waals surface area contributed by atoms with Crippen LogP contribution in [0.2, 0.25) is 0 Å². The van der Waals surface area contributed by atoms with Gasteiger partial charge in [-0.15, -0.1) is 11.3 Å². The van der Waals surface area contributed by atoms with Crippen LogP contribution in [0, 0.1) is 0 Å². The van der Waals surface area contributed by atoms with Crippen molar-refractivity contribution in [3.63, 3.8) is 0 Å². The molecule has 2 heterocycles. The lowest BCUT2D eigenvalue weighted by atomic mass is 10.3. The van der Waals surface area contributed by atoms with Crippen molar-refractivity contribution in [1.82, 2.24) is 15.1 Å². The number of nitrogens with zero attached hydrogens (tertiary/aromatic N) is 2. The molecule has 2 rings (SSSR count). The van der Waals surface area contributed by atoms with E-state index < -0.39 is 5.97 Å². The van der Waals surface area contributed by atoms with Crippen molar-refractivity contribution in [1.29, 1.82) is 0 Å². The predicted molar refractivity (Wildman–Crippen MR) is 81.5 cm³/mol. The molecule has 6 nitrogen and oxygen atoms in total. The Morgan fingerprint density at radius 2 is 1.86 bits per heavy atom. The molecule has 1 aromatic rings. The molecule has 21 heavy (non-hydrogen) atoms. The molecule has 0 bridgehead atoms. The summed E-state index contributed by atoms with van der Waals surface area (Å²) in [5.74, 6) is -0.756. The molecule has 116 valence electrons. The van der Waals surface area contributed by atoms with E-state index in [2.05, 4.69) is 16.3 Å². The number of nitrogens with one attached hydrogen (secondary N) is 1. The highest BCUT2D eigenvalue weighted by Gasteiger charge is 2.20. The summed E-state index contributed by atoms with van der Waals surface area (Å²) < 4.78 is 0. The van der Waals surface area contributed by atoms with Gasteiger partial charge in [-0.25, -0.2) is 0 Å². The van der Waals surface area contributed by atoms with E-state index in [0.717, 1.165) is 19.5 Å². The lowest BCUT2D eigenvalue weighted by molar-refractivity contribution is -0.139. The number of amides is 1. The summed E-state index contributed by atoms with van der Waals surface area (Å²) in [5, 5.41) is 13.7. The molecule has 0 aliphatic carbocycles. The quantitative estimate of drug-likeness (QED) is 0.748. The first kappa shape index (κ1) is 15.9.